The molecule has 1 atom stereocenters. The lowest BCUT2D eigenvalue weighted by Crippen LogP contribution is -2.42. The zero-order valence-corrected chi connectivity index (χ0v) is 22.8. The highest BCUT2D eigenvalue weighted by Gasteiger charge is 2.35. The van der Waals surface area contributed by atoms with Gasteiger partial charge in [0.2, 0.25) is 0 Å². The number of H-pyrrole nitrogens is 1. The fourth-order valence-electron chi connectivity index (χ4n) is 5.48. The molecule has 0 radical (unpaired) electrons. The Morgan fingerprint density at radius 3 is 2.56 bits per heavy atom. The number of aromatic amines is 1. The van der Waals surface area contributed by atoms with Gasteiger partial charge in [0, 0.05) is 18.7 Å². The lowest BCUT2D eigenvalue weighted by atomic mass is 9.93. The van der Waals surface area contributed by atoms with Gasteiger partial charge in [-0.3, -0.25) is 14.5 Å². The number of nitrogens with one attached hydrogen (secondary N) is 1. The molecule has 2 aromatic heterocycles. The summed E-state index contributed by atoms with van der Waals surface area (Å²) in [6, 6.07) is 13.3. The van der Waals surface area contributed by atoms with Gasteiger partial charge in [0.1, 0.15) is 11.8 Å². The van der Waals surface area contributed by atoms with Crippen LogP contribution in [-0.2, 0) is 16.1 Å². The maximum atomic E-state index is 13.6. The minimum absolute atomic E-state index is 0.155. The van der Waals surface area contributed by atoms with Crippen molar-refractivity contribution in [2.45, 2.75) is 46.2 Å². The van der Waals surface area contributed by atoms with Gasteiger partial charge in [-0.2, -0.15) is 0 Å². The smallest absolute Gasteiger partial charge is 0.309 e. The first-order valence-electron chi connectivity index (χ1n) is 13.3. The molecule has 0 unspecified atom stereocenters. The third kappa shape index (κ3) is 5.56. The van der Waals surface area contributed by atoms with Crippen LogP contribution in [0.15, 0.2) is 47.3 Å². The van der Waals surface area contributed by atoms with Crippen molar-refractivity contribution in [3.05, 3.63) is 80.9 Å². The van der Waals surface area contributed by atoms with Gasteiger partial charge in [-0.1, -0.05) is 23.8 Å². The minimum atomic E-state index is -0.490. The predicted octanol–water partition coefficient (Wildman–Crippen LogP) is 3.55. The van der Waals surface area contributed by atoms with Gasteiger partial charge in [0.25, 0.3) is 5.56 Å². The van der Waals surface area contributed by atoms with Crippen molar-refractivity contribution in [2.75, 3.05) is 26.8 Å². The van der Waals surface area contributed by atoms with Gasteiger partial charge < -0.3 is 14.5 Å². The number of hydrogen-bond donors (Lipinski definition) is 1. The van der Waals surface area contributed by atoms with Crippen LogP contribution in [0.2, 0.25) is 0 Å². The summed E-state index contributed by atoms with van der Waals surface area (Å²) < 4.78 is 12.3. The van der Waals surface area contributed by atoms with Gasteiger partial charge in [-0.15, -0.1) is 5.10 Å². The molecule has 1 N–H and O–H groups in total. The topological polar surface area (TPSA) is 115 Å². The molecule has 39 heavy (non-hydrogen) atoms. The first-order valence-corrected chi connectivity index (χ1v) is 13.3. The van der Waals surface area contributed by atoms with Crippen LogP contribution in [0.4, 0.5) is 0 Å². The molecular formula is C29H34N6O4. The number of nitrogens with zero attached hydrogens (tertiary/aromatic N) is 5. The van der Waals surface area contributed by atoms with Crippen LogP contribution in [0.5, 0.6) is 5.75 Å². The van der Waals surface area contributed by atoms with Gasteiger partial charge >= 0.3 is 5.97 Å². The molecule has 204 valence electrons. The van der Waals surface area contributed by atoms with E-state index < -0.39 is 6.04 Å². The summed E-state index contributed by atoms with van der Waals surface area (Å²) in [4.78, 5) is 31.3. The average Bonchev–Trinajstić information content (AvgIpc) is 3.38. The number of carbonyl (C=O) groups is 1. The first kappa shape index (κ1) is 26.6. The number of aromatic nitrogens is 5. The number of ether oxygens (including phenoxy) is 2. The SMILES string of the molecule is CCOC(=O)C1CCN([C@H](c2cc3cc(C)cc(C)c3[nH]c2=O)c2nnnn2Cc2ccc(OC)cc2)CC1. The Labute approximate surface area is 226 Å². The van der Waals surface area contributed by atoms with E-state index in [1.165, 1.54) is 0 Å². The number of rotatable bonds is 8. The van der Waals surface area contributed by atoms with Crippen LogP contribution in [0.25, 0.3) is 10.9 Å². The van der Waals surface area contributed by atoms with E-state index in [1.807, 2.05) is 51.1 Å². The first-order chi connectivity index (χ1) is 18.9. The Bertz CT molecular complexity index is 1520. The second-order valence-electron chi connectivity index (χ2n) is 10.1. The van der Waals surface area contributed by atoms with Crippen LogP contribution in [0.1, 0.15) is 53.9 Å². The van der Waals surface area contributed by atoms with Gasteiger partial charge in [0.15, 0.2) is 5.82 Å². The molecule has 1 aliphatic rings. The molecule has 10 heteroatoms. The number of benzene rings is 2. The minimum Gasteiger partial charge on any atom is -0.497 e. The number of methoxy groups -OCH3 is 1. The maximum absolute atomic E-state index is 13.6. The number of aryl methyl sites for hydroxylation is 2. The number of piperidine rings is 1. The van der Waals surface area contributed by atoms with E-state index in [9.17, 15) is 9.59 Å². The van der Waals surface area contributed by atoms with E-state index in [1.54, 1.807) is 11.8 Å². The van der Waals surface area contributed by atoms with Crippen molar-refractivity contribution in [2.24, 2.45) is 5.92 Å². The second-order valence-corrected chi connectivity index (χ2v) is 10.1. The summed E-state index contributed by atoms with van der Waals surface area (Å²) in [5.74, 6) is 1.03. The normalized spacial score (nSPS) is 15.4. The van der Waals surface area contributed by atoms with Crippen LogP contribution in [0, 0.1) is 19.8 Å². The highest BCUT2D eigenvalue weighted by molar-refractivity contribution is 5.83. The Kier molecular flexibility index (Phi) is 7.74. The molecule has 0 aliphatic carbocycles. The number of esters is 1. The Morgan fingerprint density at radius 1 is 1.13 bits per heavy atom. The zero-order chi connectivity index (χ0) is 27.5. The monoisotopic (exact) mass is 530 g/mol. The van der Waals surface area contributed by atoms with E-state index >= 15 is 0 Å². The largest absolute Gasteiger partial charge is 0.497 e. The van der Waals surface area contributed by atoms with Gasteiger partial charge in [0.05, 0.1) is 31.7 Å². The molecule has 4 aromatic rings. The number of pyridine rings is 1. The lowest BCUT2D eigenvalue weighted by Gasteiger charge is -2.36. The van der Waals surface area contributed by atoms with Crippen molar-refractivity contribution in [3.63, 3.8) is 0 Å². The summed E-state index contributed by atoms with van der Waals surface area (Å²) >= 11 is 0. The summed E-state index contributed by atoms with van der Waals surface area (Å²) in [6.07, 6.45) is 1.28. The predicted molar refractivity (Wildman–Crippen MR) is 147 cm³/mol. The zero-order valence-electron chi connectivity index (χ0n) is 22.8. The molecule has 3 heterocycles. The Balaban J connectivity index is 1.55. The summed E-state index contributed by atoms with van der Waals surface area (Å²) in [6.45, 7) is 7.88. The molecule has 1 fully saturated rings. The Hall–Kier alpha value is -4.05. The van der Waals surface area contributed by atoms with E-state index in [-0.39, 0.29) is 17.4 Å². The average molecular weight is 531 g/mol. The van der Waals surface area contributed by atoms with Crippen molar-refractivity contribution >= 4 is 16.9 Å². The quantitative estimate of drug-likeness (QED) is 0.344. The molecule has 5 rings (SSSR count). The molecule has 1 saturated heterocycles. The number of fused-ring (bicyclic) bond motifs is 1. The van der Waals surface area contributed by atoms with Crippen LogP contribution in [0.3, 0.4) is 0 Å². The molecule has 0 spiro atoms. The second kappa shape index (κ2) is 11.4. The molecule has 0 saturated carbocycles. The highest BCUT2D eigenvalue weighted by Crippen LogP contribution is 2.32. The molecule has 0 amide bonds. The van der Waals surface area contributed by atoms with Crippen molar-refractivity contribution in [3.8, 4) is 5.75 Å². The standard InChI is InChI=1S/C29H34N6O4/c1-5-39-29(37)21-10-12-34(13-11-21)26(24-16-22-15-18(2)14-19(3)25(22)30-28(24)36)27-31-32-33-35(27)17-20-6-8-23(38-4)9-7-20/h6-9,14-16,21,26H,5,10-13,17H2,1-4H3,(H,30,36)/t26-/m1/s1. The van der Waals surface area contributed by atoms with E-state index in [0.717, 1.165) is 33.3 Å². The van der Waals surface area contributed by atoms with Crippen LogP contribution < -0.4 is 10.3 Å². The summed E-state index contributed by atoms with van der Waals surface area (Å²) in [5, 5.41) is 13.7. The van der Waals surface area contributed by atoms with E-state index in [0.29, 0.717) is 50.5 Å². The number of carbonyl (C=O) groups excluding carboxylic acids is 1. The summed E-state index contributed by atoms with van der Waals surface area (Å²) in [7, 11) is 1.63. The molecule has 0 bridgehead atoms. The van der Waals surface area contributed by atoms with Crippen molar-refractivity contribution in [1.82, 2.24) is 30.1 Å². The van der Waals surface area contributed by atoms with Crippen LogP contribution in [-0.4, -0.2) is 62.9 Å². The highest BCUT2D eigenvalue weighted by atomic mass is 16.5. The molecule has 1 aliphatic heterocycles. The fraction of sp³-hybridized carbons (Fsp3) is 0.414. The van der Waals surface area contributed by atoms with E-state index in [2.05, 4.69) is 37.5 Å². The number of hydrogen-bond acceptors (Lipinski definition) is 8. The van der Waals surface area contributed by atoms with Gasteiger partial charge in [-0.25, -0.2) is 4.68 Å². The number of tetrazole rings is 1. The maximum Gasteiger partial charge on any atom is 0.309 e. The fourth-order valence-corrected chi connectivity index (χ4v) is 5.48. The summed E-state index contributed by atoms with van der Waals surface area (Å²) in [5.41, 5.74) is 4.37. The lowest BCUT2D eigenvalue weighted by molar-refractivity contribution is -0.149. The molecule has 10 nitrogen and oxygen atoms in total. The Morgan fingerprint density at radius 2 is 1.87 bits per heavy atom. The third-order valence-corrected chi connectivity index (χ3v) is 7.43. The van der Waals surface area contributed by atoms with E-state index in [4.69, 9.17) is 9.47 Å². The molecule has 2 aromatic carbocycles. The molecular weight excluding hydrogens is 496 g/mol. The van der Waals surface area contributed by atoms with Crippen LogP contribution >= 0.6 is 0 Å². The van der Waals surface area contributed by atoms with Crippen molar-refractivity contribution in [1.29, 1.82) is 0 Å². The van der Waals surface area contributed by atoms with Gasteiger partial charge in [-0.05, 0) is 84.8 Å². The third-order valence-electron chi connectivity index (χ3n) is 7.43. The number of likely N-dealkylation sites (tertiary alicyclic amines) is 1. The van der Waals surface area contributed by atoms with Crippen molar-refractivity contribution < 1.29 is 14.3 Å².